The lowest BCUT2D eigenvalue weighted by Crippen LogP contribution is -2.36. The molecule has 2 aromatic heterocycles. The van der Waals surface area contributed by atoms with Crippen molar-refractivity contribution in [1.82, 2.24) is 20.2 Å². The zero-order valence-corrected chi connectivity index (χ0v) is 10.1. The Bertz CT molecular complexity index is 520. The highest BCUT2D eigenvalue weighted by atomic mass is 16.5. The Morgan fingerprint density at radius 3 is 2.94 bits per heavy atom. The summed E-state index contributed by atoms with van der Waals surface area (Å²) in [6.45, 7) is 4.58. The van der Waals surface area contributed by atoms with Gasteiger partial charge in [-0.05, 0) is 13.8 Å². The van der Waals surface area contributed by atoms with Crippen LogP contribution in [0.2, 0.25) is 0 Å². The lowest BCUT2D eigenvalue weighted by molar-refractivity contribution is 0.158. The maximum atomic E-state index is 5.64. The SMILES string of the molecule is COCC(C)(C)Nc1nc(N)nc2[nH]ncc12. The number of aromatic nitrogens is 4. The number of hydrogen-bond donors (Lipinski definition) is 3. The van der Waals surface area contributed by atoms with E-state index in [1.165, 1.54) is 0 Å². The minimum atomic E-state index is -0.250. The van der Waals surface area contributed by atoms with Crippen LogP contribution < -0.4 is 11.1 Å². The molecule has 2 rings (SSSR count). The van der Waals surface area contributed by atoms with Gasteiger partial charge in [-0.3, -0.25) is 5.10 Å². The van der Waals surface area contributed by atoms with E-state index in [0.717, 1.165) is 5.39 Å². The third-order valence-corrected chi connectivity index (χ3v) is 2.29. The summed E-state index contributed by atoms with van der Waals surface area (Å²) in [6, 6.07) is 0. The molecule has 4 N–H and O–H groups in total. The Labute approximate surface area is 98.8 Å². The molecule has 0 radical (unpaired) electrons. The van der Waals surface area contributed by atoms with Crippen LogP contribution in [0.4, 0.5) is 11.8 Å². The molecule has 0 saturated carbocycles. The zero-order chi connectivity index (χ0) is 12.5. The van der Waals surface area contributed by atoms with Crippen molar-refractivity contribution >= 4 is 22.8 Å². The van der Waals surface area contributed by atoms with Crippen LogP contribution >= 0.6 is 0 Å². The fourth-order valence-electron chi connectivity index (χ4n) is 1.66. The normalized spacial score (nSPS) is 11.9. The van der Waals surface area contributed by atoms with Crippen molar-refractivity contribution in [2.75, 3.05) is 24.8 Å². The third-order valence-electron chi connectivity index (χ3n) is 2.29. The molecule has 0 fully saturated rings. The molecule has 0 unspecified atom stereocenters. The number of rotatable bonds is 4. The Balaban J connectivity index is 2.37. The predicted octanol–water partition coefficient (Wildman–Crippen LogP) is 0.772. The number of ether oxygens (including phenoxy) is 1. The summed E-state index contributed by atoms with van der Waals surface area (Å²) in [4.78, 5) is 8.23. The van der Waals surface area contributed by atoms with E-state index >= 15 is 0 Å². The first-order valence-electron chi connectivity index (χ1n) is 5.25. The first kappa shape index (κ1) is 11.6. The Morgan fingerprint density at radius 2 is 2.24 bits per heavy atom. The van der Waals surface area contributed by atoms with Crippen LogP contribution in [0.5, 0.6) is 0 Å². The van der Waals surface area contributed by atoms with Gasteiger partial charge in [0.05, 0.1) is 23.7 Å². The number of aromatic amines is 1. The van der Waals surface area contributed by atoms with Gasteiger partial charge < -0.3 is 15.8 Å². The minimum Gasteiger partial charge on any atom is -0.382 e. The van der Waals surface area contributed by atoms with Crippen LogP contribution in [0.15, 0.2) is 6.20 Å². The van der Waals surface area contributed by atoms with E-state index < -0.39 is 0 Å². The number of nitrogens with two attached hydrogens (primary N) is 1. The standard InChI is InChI=1S/C10H16N6O/c1-10(2,5-17-3)15-7-6-4-12-16-8(6)14-9(11)13-7/h4H,5H2,1-3H3,(H4,11,12,13,14,15,16). The smallest absolute Gasteiger partial charge is 0.224 e. The number of methoxy groups -OCH3 is 1. The Morgan fingerprint density at radius 1 is 1.47 bits per heavy atom. The number of nitrogens with zero attached hydrogens (tertiary/aromatic N) is 3. The van der Waals surface area contributed by atoms with Gasteiger partial charge in [0.25, 0.3) is 0 Å². The van der Waals surface area contributed by atoms with Crippen LogP contribution in [0.25, 0.3) is 11.0 Å². The molecule has 7 heteroatoms. The van der Waals surface area contributed by atoms with Crippen LogP contribution in [0.1, 0.15) is 13.8 Å². The van der Waals surface area contributed by atoms with Gasteiger partial charge in [-0.15, -0.1) is 0 Å². The van der Waals surface area contributed by atoms with Crippen molar-refractivity contribution < 1.29 is 4.74 Å². The van der Waals surface area contributed by atoms with E-state index in [2.05, 4.69) is 25.5 Å². The Kier molecular flexibility index (Phi) is 2.84. The summed E-state index contributed by atoms with van der Waals surface area (Å²) in [5.74, 6) is 0.862. The van der Waals surface area contributed by atoms with Crippen molar-refractivity contribution in [2.24, 2.45) is 0 Å². The van der Waals surface area contributed by atoms with E-state index in [1.807, 2.05) is 13.8 Å². The van der Waals surface area contributed by atoms with Gasteiger partial charge in [-0.25, -0.2) is 0 Å². The fourth-order valence-corrected chi connectivity index (χ4v) is 1.66. The number of fused-ring (bicyclic) bond motifs is 1. The summed E-state index contributed by atoms with van der Waals surface area (Å²) < 4.78 is 5.14. The maximum Gasteiger partial charge on any atom is 0.224 e. The monoisotopic (exact) mass is 236 g/mol. The number of nitrogen functional groups attached to an aromatic ring is 1. The van der Waals surface area contributed by atoms with Gasteiger partial charge in [0, 0.05) is 7.11 Å². The van der Waals surface area contributed by atoms with E-state index in [9.17, 15) is 0 Å². The first-order valence-corrected chi connectivity index (χ1v) is 5.25. The van der Waals surface area contributed by atoms with Gasteiger partial charge in [-0.1, -0.05) is 0 Å². The lowest BCUT2D eigenvalue weighted by atomic mass is 10.1. The van der Waals surface area contributed by atoms with E-state index in [0.29, 0.717) is 18.1 Å². The molecular weight excluding hydrogens is 220 g/mol. The molecule has 7 nitrogen and oxygen atoms in total. The van der Waals surface area contributed by atoms with Gasteiger partial charge in [0.2, 0.25) is 5.95 Å². The summed E-state index contributed by atoms with van der Waals surface area (Å²) in [7, 11) is 1.66. The van der Waals surface area contributed by atoms with Gasteiger partial charge in [0.15, 0.2) is 5.65 Å². The minimum absolute atomic E-state index is 0.206. The van der Waals surface area contributed by atoms with Crippen molar-refractivity contribution in [3.8, 4) is 0 Å². The molecule has 0 saturated heterocycles. The van der Waals surface area contributed by atoms with Crippen molar-refractivity contribution in [1.29, 1.82) is 0 Å². The van der Waals surface area contributed by atoms with Gasteiger partial charge >= 0.3 is 0 Å². The second-order valence-corrected chi connectivity index (χ2v) is 4.50. The van der Waals surface area contributed by atoms with E-state index in [4.69, 9.17) is 10.5 Å². The largest absolute Gasteiger partial charge is 0.382 e. The number of H-pyrrole nitrogens is 1. The zero-order valence-electron chi connectivity index (χ0n) is 10.1. The highest BCUT2D eigenvalue weighted by Crippen LogP contribution is 2.22. The van der Waals surface area contributed by atoms with Gasteiger partial charge in [0.1, 0.15) is 5.82 Å². The molecule has 2 aromatic rings. The van der Waals surface area contributed by atoms with Crippen LogP contribution in [0.3, 0.4) is 0 Å². The third kappa shape index (κ3) is 2.44. The summed E-state index contributed by atoms with van der Waals surface area (Å²) in [5.41, 5.74) is 6.00. The summed E-state index contributed by atoms with van der Waals surface area (Å²) in [5, 5.41) is 10.8. The second-order valence-electron chi connectivity index (χ2n) is 4.50. The van der Waals surface area contributed by atoms with Crippen LogP contribution in [-0.2, 0) is 4.74 Å². The highest BCUT2D eigenvalue weighted by Gasteiger charge is 2.20. The van der Waals surface area contributed by atoms with Crippen molar-refractivity contribution in [2.45, 2.75) is 19.4 Å². The molecule has 0 aliphatic carbocycles. The Hall–Kier alpha value is -1.89. The molecule has 17 heavy (non-hydrogen) atoms. The molecule has 0 bridgehead atoms. The first-order chi connectivity index (χ1) is 8.02. The van der Waals surface area contributed by atoms with E-state index in [-0.39, 0.29) is 11.5 Å². The van der Waals surface area contributed by atoms with E-state index in [1.54, 1.807) is 13.3 Å². The van der Waals surface area contributed by atoms with Crippen molar-refractivity contribution in [3.63, 3.8) is 0 Å². The maximum absolute atomic E-state index is 5.64. The lowest BCUT2D eigenvalue weighted by Gasteiger charge is -2.26. The fraction of sp³-hybridized carbons (Fsp3) is 0.500. The number of anilines is 2. The summed E-state index contributed by atoms with van der Waals surface area (Å²) >= 11 is 0. The summed E-state index contributed by atoms with van der Waals surface area (Å²) in [6.07, 6.45) is 1.67. The van der Waals surface area contributed by atoms with Crippen LogP contribution in [0, 0.1) is 0 Å². The molecule has 0 aromatic carbocycles. The molecule has 0 spiro atoms. The number of nitrogens with one attached hydrogen (secondary N) is 2. The molecule has 0 amide bonds. The topological polar surface area (TPSA) is 102 Å². The molecule has 2 heterocycles. The molecule has 92 valence electrons. The quantitative estimate of drug-likeness (QED) is 0.724. The average molecular weight is 236 g/mol. The van der Waals surface area contributed by atoms with Crippen LogP contribution in [-0.4, -0.2) is 39.4 Å². The molecule has 0 aliphatic rings. The highest BCUT2D eigenvalue weighted by molar-refractivity contribution is 5.87. The average Bonchev–Trinajstić information content (AvgIpc) is 2.64. The molecular formula is C10H16N6O. The predicted molar refractivity (Wildman–Crippen MR) is 65.7 cm³/mol. The molecule has 0 atom stereocenters. The molecule has 0 aliphatic heterocycles. The second kappa shape index (κ2) is 4.17. The van der Waals surface area contributed by atoms with Crippen molar-refractivity contribution in [3.05, 3.63) is 6.20 Å². The van der Waals surface area contributed by atoms with Gasteiger partial charge in [-0.2, -0.15) is 15.1 Å². The number of hydrogen-bond acceptors (Lipinski definition) is 6.